The molecule has 2 aromatic rings. The smallest absolute Gasteiger partial charge is 0.349 e. The van der Waals surface area contributed by atoms with Crippen molar-refractivity contribution in [2.24, 2.45) is 34.5 Å². The Bertz CT molecular complexity index is 1370. The third-order valence-corrected chi connectivity index (χ3v) is 11.0. The van der Waals surface area contributed by atoms with E-state index >= 15 is 0 Å². The van der Waals surface area contributed by atoms with Crippen molar-refractivity contribution >= 4 is 23.1 Å². The lowest BCUT2D eigenvalue weighted by Gasteiger charge is -2.48. The molecule has 1 spiro atoms. The van der Waals surface area contributed by atoms with Crippen LogP contribution in [0.4, 0.5) is 0 Å². The zero-order chi connectivity index (χ0) is 27.2. The Kier molecular flexibility index (Phi) is 5.72. The van der Waals surface area contributed by atoms with Gasteiger partial charge in [0.15, 0.2) is 17.5 Å². The highest BCUT2D eigenvalue weighted by molar-refractivity contribution is 7.12. The number of esters is 1. The number of hydrogen-bond acceptors (Lipinski definition) is 7. The molecule has 1 aromatic carbocycles. The van der Waals surface area contributed by atoms with Crippen LogP contribution in [0.1, 0.15) is 43.8 Å². The molecule has 2 fully saturated rings. The van der Waals surface area contributed by atoms with E-state index in [4.69, 9.17) is 4.74 Å². The molecule has 6 nitrogen and oxygen atoms in total. The van der Waals surface area contributed by atoms with Gasteiger partial charge in [0.05, 0.1) is 12.0 Å². The quantitative estimate of drug-likeness (QED) is 0.397. The van der Waals surface area contributed by atoms with Crippen LogP contribution >= 0.6 is 11.3 Å². The molecule has 2 saturated carbocycles. The number of aliphatic hydroxyl groups is 3. The van der Waals surface area contributed by atoms with Gasteiger partial charge >= 0.3 is 5.97 Å². The maximum Gasteiger partial charge on any atom is 0.349 e. The molecule has 38 heavy (non-hydrogen) atoms. The Hall–Kier alpha value is -2.58. The molecule has 4 aliphatic carbocycles. The predicted molar refractivity (Wildman–Crippen MR) is 144 cm³/mol. The lowest BCUT2D eigenvalue weighted by atomic mass is 9.59. The van der Waals surface area contributed by atoms with E-state index in [0.29, 0.717) is 16.9 Å². The number of carbonyl (C=O) groups excluding carboxylic acids is 2. The van der Waals surface area contributed by atoms with E-state index in [1.165, 1.54) is 11.3 Å². The van der Waals surface area contributed by atoms with Crippen LogP contribution < -0.4 is 0 Å². The number of hydrogen-bond donors (Lipinski definition) is 3. The zero-order valence-corrected chi connectivity index (χ0v) is 22.9. The molecule has 0 radical (unpaired) electrons. The Morgan fingerprint density at radius 2 is 1.89 bits per heavy atom. The molecule has 1 heterocycles. The van der Waals surface area contributed by atoms with Crippen LogP contribution in [0.5, 0.6) is 0 Å². The maximum absolute atomic E-state index is 14.5. The third-order valence-electron chi connectivity index (χ3n) is 10.1. The summed E-state index contributed by atoms with van der Waals surface area (Å²) in [4.78, 5) is 28.5. The summed E-state index contributed by atoms with van der Waals surface area (Å²) in [6.45, 7) is 7.51. The topological polar surface area (TPSA) is 104 Å². The summed E-state index contributed by atoms with van der Waals surface area (Å²) >= 11 is 1.25. The molecular weight excluding hydrogens is 500 g/mol. The average molecular weight is 535 g/mol. The molecule has 0 saturated heterocycles. The van der Waals surface area contributed by atoms with Crippen molar-refractivity contribution in [3.8, 4) is 11.1 Å². The van der Waals surface area contributed by atoms with Gasteiger partial charge in [-0.25, -0.2) is 4.79 Å². The van der Waals surface area contributed by atoms with Crippen LogP contribution in [0.2, 0.25) is 0 Å². The van der Waals surface area contributed by atoms with Crippen molar-refractivity contribution in [3.63, 3.8) is 0 Å². The van der Waals surface area contributed by atoms with Gasteiger partial charge in [0.2, 0.25) is 0 Å². The van der Waals surface area contributed by atoms with Gasteiger partial charge in [0.1, 0.15) is 11.0 Å². The number of thiophene rings is 1. The number of Topliss-reactive ketones (excluding diaryl/α,β-unsaturated/α-hetero) is 1. The van der Waals surface area contributed by atoms with Gasteiger partial charge in [-0.3, -0.25) is 4.79 Å². The summed E-state index contributed by atoms with van der Waals surface area (Å²) in [5.41, 5.74) is -1.30. The Balaban J connectivity index is 1.44. The first-order valence-corrected chi connectivity index (χ1v) is 14.2. The van der Waals surface area contributed by atoms with Crippen LogP contribution in [-0.2, 0) is 9.53 Å². The molecule has 8 atom stereocenters. The molecule has 7 heteroatoms. The normalized spacial score (nSPS) is 38.8. The van der Waals surface area contributed by atoms with Gasteiger partial charge in [-0.05, 0) is 64.7 Å². The molecule has 4 aliphatic rings. The number of fused-ring (bicyclic) bond motifs is 3. The fourth-order valence-corrected chi connectivity index (χ4v) is 8.86. The highest BCUT2D eigenvalue weighted by Crippen LogP contribution is 2.71. The van der Waals surface area contributed by atoms with E-state index < -0.39 is 41.7 Å². The highest BCUT2D eigenvalue weighted by atomic mass is 32.1. The highest BCUT2D eigenvalue weighted by Gasteiger charge is 2.76. The second kappa shape index (κ2) is 8.46. The summed E-state index contributed by atoms with van der Waals surface area (Å²) in [6.07, 6.45) is 1.32. The van der Waals surface area contributed by atoms with E-state index in [0.717, 1.165) is 11.1 Å². The van der Waals surface area contributed by atoms with Crippen LogP contribution in [0.15, 0.2) is 65.1 Å². The second-order valence-electron chi connectivity index (χ2n) is 12.2. The predicted octanol–water partition coefficient (Wildman–Crippen LogP) is 4.41. The first-order valence-electron chi connectivity index (χ1n) is 13.3. The van der Waals surface area contributed by atoms with E-state index in [1.54, 1.807) is 19.1 Å². The van der Waals surface area contributed by atoms with Crippen LogP contribution in [-0.4, -0.2) is 51.5 Å². The Morgan fingerprint density at radius 1 is 1.18 bits per heavy atom. The van der Waals surface area contributed by atoms with Gasteiger partial charge in [0, 0.05) is 11.5 Å². The van der Waals surface area contributed by atoms with Crippen molar-refractivity contribution in [2.45, 2.75) is 51.9 Å². The van der Waals surface area contributed by atoms with Crippen LogP contribution in [0.25, 0.3) is 11.1 Å². The summed E-state index contributed by atoms with van der Waals surface area (Å²) in [5, 5.41) is 36.3. The van der Waals surface area contributed by atoms with E-state index in [-0.39, 0.29) is 34.5 Å². The molecule has 1 aromatic heterocycles. The summed E-state index contributed by atoms with van der Waals surface area (Å²) in [6, 6.07) is 11.4. The van der Waals surface area contributed by atoms with Crippen molar-refractivity contribution < 1.29 is 29.6 Å². The molecule has 0 aliphatic heterocycles. The van der Waals surface area contributed by atoms with Gasteiger partial charge in [0.25, 0.3) is 0 Å². The number of benzene rings is 1. The first kappa shape index (κ1) is 25.7. The van der Waals surface area contributed by atoms with Crippen molar-refractivity contribution in [2.75, 3.05) is 6.61 Å². The summed E-state index contributed by atoms with van der Waals surface area (Å²) < 4.78 is 6.06. The van der Waals surface area contributed by atoms with Crippen molar-refractivity contribution in [1.29, 1.82) is 0 Å². The lowest BCUT2D eigenvalue weighted by Crippen LogP contribution is -2.65. The zero-order valence-electron chi connectivity index (χ0n) is 22.0. The molecule has 2 unspecified atom stereocenters. The van der Waals surface area contributed by atoms with Gasteiger partial charge in [-0.1, -0.05) is 63.3 Å². The van der Waals surface area contributed by atoms with E-state index in [1.807, 2.05) is 48.7 Å². The minimum atomic E-state index is -2.14. The maximum atomic E-state index is 14.5. The number of ether oxygens (including phenoxy) is 1. The monoisotopic (exact) mass is 534 g/mol. The van der Waals surface area contributed by atoms with Crippen molar-refractivity contribution in [3.05, 3.63) is 70.0 Å². The second-order valence-corrected chi connectivity index (χ2v) is 13.1. The average Bonchev–Trinajstić information content (AvgIpc) is 3.20. The molecule has 3 N–H and O–H groups in total. The SMILES string of the molecule is CC1=CC23C(=O)[C@@H](C=C(CO)[C@@H](O)[C@]2(O)[C@H]1OC(=O)c1sccc1-c1ccccc1)[C@H]1[C@@H](CC3C)C1(C)C. The van der Waals surface area contributed by atoms with Gasteiger partial charge in [-0.2, -0.15) is 0 Å². The number of allylic oxidation sites excluding steroid dienone is 1. The molecule has 2 bridgehead atoms. The Morgan fingerprint density at radius 3 is 2.58 bits per heavy atom. The Labute approximate surface area is 226 Å². The van der Waals surface area contributed by atoms with E-state index in [9.17, 15) is 24.9 Å². The van der Waals surface area contributed by atoms with Gasteiger partial charge < -0.3 is 20.1 Å². The lowest BCUT2D eigenvalue weighted by molar-refractivity contribution is -0.190. The number of carbonyl (C=O) groups is 2. The standard InChI is InChI=1S/C31H34O6S/c1-16-14-30-17(2)12-22-23(29(22,3)4)21(26(30)34)13-19(15-32)25(33)31(30,36)27(16)37-28(35)24-20(10-11-38-24)18-8-6-5-7-9-18/h5-11,13-14,17,21-23,25,27,32-33,36H,12,15H2,1-4H3/t17?,21-,22+,23-,25+,27-,30?,31-/m0/s1. The number of rotatable bonds is 4. The van der Waals surface area contributed by atoms with Crippen LogP contribution in [0, 0.1) is 34.5 Å². The molecule has 200 valence electrons. The fraction of sp³-hybridized carbons (Fsp3) is 0.484. The van der Waals surface area contributed by atoms with Crippen molar-refractivity contribution in [1.82, 2.24) is 0 Å². The molecule has 0 amide bonds. The number of aliphatic hydroxyl groups excluding tert-OH is 2. The van der Waals surface area contributed by atoms with Gasteiger partial charge in [-0.15, -0.1) is 11.3 Å². The number of ketones is 1. The molecular formula is C31H34O6S. The largest absolute Gasteiger partial charge is 0.450 e. The van der Waals surface area contributed by atoms with Crippen LogP contribution in [0.3, 0.4) is 0 Å². The van der Waals surface area contributed by atoms with E-state index in [2.05, 4.69) is 13.8 Å². The summed E-state index contributed by atoms with van der Waals surface area (Å²) in [5.74, 6) is -1.26. The minimum absolute atomic E-state index is 0.0447. The fourth-order valence-electron chi connectivity index (χ4n) is 8.07. The summed E-state index contributed by atoms with van der Waals surface area (Å²) in [7, 11) is 0. The third kappa shape index (κ3) is 3.16. The minimum Gasteiger partial charge on any atom is -0.450 e. The first-order chi connectivity index (χ1) is 18.0. The molecule has 6 rings (SSSR count).